The van der Waals surface area contributed by atoms with Crippen molar-refractivity contribution in [3.8, 4) is 11.4 Å². The van der Waals surface area contributed by atoms with E-state index < -0.39 is 5.82 Å². The molecule has 0 amide bonds. The first-order valence-electron chi connectivity index (χ1n) is 11.3. The highest BCUT2D eigenvalue weighted by Crippen LogP contribution is 2.31. The number of rotatable bonds is 4. The van der Waals surface area contributed by atoms with Gasteiger partial charge in [0.2, 0.25) is 5.95 Å². The number of hydrogen-bond donors (Lipinski definition) is 2. The molecule has 0 unspecified atom stereocenters. The summed E-state index contributed by atoms with van der Waals surface area (Å²) < 4.78 is 15.6. The predicted octanol–water partition coefficient (Wildman–Crippen LogP) is 5.01. The number of aromatic amines is 1. The van der Waals surface area contributed by atoms with E-state index in [4.69, 9.17) is 9.97 Å². The molecule has 0 aliphatic heterocycles. The molecule has 0 radical (unpaired) electrons. The maximum absolute atomic E-state index is 13.9. The van der Waals surface area contributed by atoms with Crippen LogP contribution in [0.4, 0.5) is 10.3 Å². The maximum Gasteiger partial charge on any atom is 0.228 e. The summed E-state index contributed by atoms with van der Waals surface area (Å²) in [5.74, 6) is 0.867. The fourth-order valence-corrected chi connectivity index (χ4v) is 4.75. The van der Waals surface area contributed by atoms with Crippen LogP contribution in [0.15, 0.2) is 48.9 Å². The zero-order valence-electron chi connectivity index (χ0n) is 19.0. The van der Waals surface area contributed by atoms with Crippen molar-refractivity contribution < 1.29 is 4.39 Å². The third-order valence-electron chi connectivity index (χ3n) is 6.41. The van der Waals surface area contributed by atoms with Crippen molar-refractivity contribution in [1.29, 1.82) is 0 Å². The van der Waals surface area contributed by atoms with Gasteiger partial charge < -0.3 is 10.3 Å². The van der Waals surface area contributed by atoms with Crippen LogP contribution in [0.3, 0.4) is 0 Å². The van der Waals surface area contributed by atoms with Gasteiger partial charge in [0, 0.05) is 46.4 Å². The summed E-state index contributed by atoms with van der Waals surface area (Å²) in [5.41, 5.74) is 6.14. The molecule has 1 aromatic carbocycles. The van der Waals surface area contributed by atoms with Gasteiger partial charge >= 0.3 is 0 Å². The van der Waals surface area contributed by atoms with E-state index in [1.807, 2.05) is 6.20 Å². The van der Waals surface area contributed by atoms with E-state index in [1.165, 1.54) is 34.4 Å². The van der Waals surface area contributed by atoms with Crippen molar-refractivity contribution in [2.24, 2.45) is 0 Å². The number of anilines is 1. The Morgan fingerprint density at radius 2 is 2.00 bits per heavy atom. The number of para-hydroxylation sites is 1. The maximum atomic E-state index is 13.9. The molecule has 5 aromatic rings. The molecule has 0 saturated carbocycles. The first kappa shape index (κ1) is 22.3. The second-order valence-electron chi connectivity index (χ2n) is 8.96. The molecule has 0 bridgehead atoms. The number of H-pyrrole nitrogens is 1. The Kier molecular flexibility index (Phi) is 5.73. The van der Waals surface area contributed by atoms with Crippen LogP contribution in [-0.4, -0.2) is 35.6 Å². The number of halogens is 1. The van der Waals surface area contributed by atoms with Crippen molar-refractivity contribution in [1.82, 2.24) is 29.5 Å². The van der Waals surface area contributed by atoms with E-state index in [-0.39, 0.29) is 25.5 Å². The van der Waals surface area contributed by atoms with Gasteiger partial charge in [-0.25, -0.2) is 9.37 Å². The van der Waals surface area contributed by atoms with Gasteiger partial charge in [-0.05, 0) is 36.5 Å². The average molecular weight is 476 g/mol. The highest BCUT2D eigenvalue weighted by atomic mass is 32.1. The third-order valence-corrected chi connectivity index (χ3v) is 6.41. The normalized spacial score (nSPS) is 15.5. The van der Waals surface area contributed by atoms with Crippen LogP contribution in [0.2, 0.25) is 0 Å². The Bertz CT molecular complexity index is 1490. The summed E-state index contributed by atoms with van der Waals surface area (Å²) in [6.07, 6.45) is 7.44. The Labute approximate surface area is 203 Å². The van der Waals surface area contributed by atoms with Crippen molar-refractivity contribution >= 4 is 36.0 Å². The number of pyridine rings is 1. The largest absolute Gasteiger partial charge is 0.358 e. The Hall–Kier alpha value is -3.46. The fourth-order valence-electron chi connectivity index (χ4n) is 4.75. The third kappa shape index (κ3) is 3.79. The first-order chi connectivity index (χ1) is 16.1. The van der Waals surface area contributed by atoms with Crippen molar-refractivity contribution in [3.05, 3.63) is 71.6 Å². The Morgan fingerprint density at radius 1 is 1.15 bits per heavy atom. The van der Waals surface area contributed by atoms with Gasteiger partial charge in [0.15, 0.2) is 11.5 Å². The summed E-state index contributed by atoms with van der Waals surface area (Å²) in [6.45, 7) is 4.21. The number of fused-ring (bicyclic) bond motifs is 4. The Balaban J connectivity index is 0.00000241. The second kappa shape index (κ2) is 8.72. The van der Waals surface area contributed by atoms with E-state index >= 15 is 0 Å². The van der Waals surface area contributed by atoms with Crippen molar-refractivity contribution in [2.75, 3.05) is 5.32 Å². The van der Waals surface area contributed by atoms with Crippen LogP contribution in [0.25, 0.3) is 27.9 Å². The molecule has 4 aromatic heterocycles. The van der Waals surface area contributed by atoms with Crippen LogP contribution in [0.1, 0.15) is 43.0 Å². The topological polar surface area (TPSA) is 83.8 Å². The molecule has 7 nitrogen and oxygen atoms in total. The summed E-state index contributed by atoms with van der Waals surface area (Å²) in [4.78, 5) is 17.0. The van der Waals surface area contributed by atoms with E-state index in [0.29, 0.717) is 17.3 Å². The summed E-state index contributed by atoms with van der Waals surface area (Å²) in [7, 11) is 0. The minimum atomic E-state index is -0.415. The van der Waals surface area contributed by atoms with Crippen LogP contribution in [-0.2, 0) is 12.8 Å². The number of hydrogen-bond acceptors (Lipinski definition) is 5. The molecule has 2 N–H and O–H groups in total. The molecule has 6 rings (SSSR count). The van der Waals surface area contributed by atoms with Crippen LogP contribution >= 0.6 is 13.5 Å². The molecule has 0 fully saturated rings. The molecule has 1 aliphatic carbocycles. The summed E-state index contributed by atoms with van der Waals surface area (Å²) in [6, 6.07) is 10.1. The van der Waals surface area contributed by atoms with Crippen molar-refractivity contribution in [2.45, 2.75) is 45.1 Å². The number of nitrogens with zero attached hydrogens (tertiary/aromatic N) is 5. The van der Waals surface area contributed by atoms with Gasteiger partial charge in [0.1, 0.15) is 5.82 Å². The molecule has 174 valence electrons. The molecule has 34 heavy (non-hydrogen) atoms. The van der Waals surface area contributed by atoms with Crippen LogP contribution in [0, 0.1) is 5.82 Å². The van der Waals surface area contributed by atoms with Gasteiger partial charge in [0.05, 0.1) is 12.4 Å². The lowest BCUT2D eigenvalue weighted by Crippen LogP contribution is -2.29. The molecule has 0 saturated heterocycles. The van der Waals surface area contributed by atoms with Crippen LogP contribution < -0.4 is 5.32 Å². The number of aromatic nitrogens is 6. The Morgan fingerprint density at radius 3 is 2.82 bits per heavy atom. The molecule has 9 heteroatoms. The molecule has 4 heterocycles. The molecule has 1 atom stereocenters. The van der Waals surface area contributed by atoms with Gasteiger partial charge in [0.25, 0.3) is 0 Å². The van der Waals surface area contributed by atoms with Gasteiger partial charge in [-0.1, -0.05) is 32.0 Å². The smallest absolute Gasteiger partial charge is 0.228 e. The zero-order valence-corrected chi connectivity index (χ0v) is 20.0. The molecule has 1 aliphatic rings. The molecule has 0 spiro atoms. The monoisotopic (exact) mass is 475 g/mol. The number of nitrogens with one attached hydrogen (secondary N) is 2. The molecular weight excluding hydrogens is 449 g/mol. The quantitative estimate of drug-likeness (QED) is 0.382. The van der Waals surface area contributed by atoms with Gasteiger partial charge in [-0.15, -0.1) is 0 Å². The predicted molar refractivity (Wildman–Crippen MR) is 136 cm³/mol. The van der Waals surface area contributed by atoms with Gasteiger partial charge in [-0.2, -0.15) is 28.1 Å². The lowest BCUT2D eigenvalue weighted by Gasteiger charge is -2.24. The fraction of sp³-hybridized carbons (Fsp3) is 0.280. The highest BCUT2D eigenvalue weighted by Gasteiger charge is 2.24. The van der Waals surface area contributed by atoms with E-state index in [2.05, 4.69) is 58.5 Å². The second-order valence-corrected chi connectivity index (χ2v) is 8.96. The lowest BCUT2D eigenvalue weighted by atomic mass is 9.92. The molecular formula is C25H26FN7S. The van der Waals surface area contributed by atoms with E-state index in [9.17, 15) is 4.39 Å². The lowest BCUT2D eigenvalue weighted by molar-refractivity contribution is 0.598. The van der Waals surface area contributed by atoms with E-state index in [0.717, 1.165) is 30.5 Å². The number of benzene rings is 1. The summed E-state index contributed by atoms with van der Waals surface area (Å²) >= 11 is 0. The van der Waals surface area contributed by atoms with Crippen molar-refractivity contribution in [3.63, 3.8) is 0 Å². The van der Waals surface area contributed by atoms with Crippen LogP contribution in [0.5, 0.6) is 0 Å². The average Bonchev–Trinajstić information content (AvgIpc) is 3.40. The number of aryl methyl sites for hydroxylation is 1. The standard InChI is InChI=1S/C25H24FN7.H2S/c1-14(2)20-13-28-33-24(20)31-23(15-9-16(26)12-27-11-15)32-25(33)29-17-7-8-19-18-5-3-4-6-21(18)30-22(19)10-17;/h3-6,9,11-14,17,30H,7-8,10H2,1-2H3,(H,29,31,32);1H2/t17-;/m0./s1. The minimum Gasteiger partial charge on any atom is -0.358 e. The van der Waals surface area contributed by atoms with Gasteiger partial charge in [-0.3, -0.25) is 4.98 Å². The highest BCUT2D eigenvalue weighted by molar-refractivity contribution is 7.59. The SMILES string of the molecule is CC(C)c1cnn2c(N[C@H]3CCc4c([nH]c5ccccc45)C3)nc(-c3cncc(F)c3)nc12.S. The summed E-state index contributed by atoms with van der Waals surface area (Å²) in [5, 5.41) is 9.48. The zero-order chi connectivity index (χ0) is 22.5. The van der Waals surface area contributed by atoms with E-state index in [1.54, 1.807) is 10.7 Å². The minimum absolute atomic E-state index is 0. The first-order valence-corrected chi connectivity index (χ1v) is 11.3.